The minimum atomic E-state index is -0.106. The number of ether oxygens (including phenoxy) is 2. The molecular formula is C26H34N6O2. The first-order chi connectivity index (χ1) is 16.8. The lowest BCUT2D eigenvalue weighted by atomic mass is 10.0. The van der Waals surface area contributed by atoms with E-state index >= 15 is 0 Å². The Kier molecular flexibility index (Phi) is 7.06. The molecule has 2 aliphatic rings. The number of tetrazole rings is 1. The van der Waals surface area contributed by atoms with Gasteiger partial charge < -0.3 is 9.47 Å². The van der Waals surface area contributed by atoms with Crippen LogP contribution in [-0.4, -0.2) is 76.4 Å². The first-order valence-corrected chi connectivity index (χ1v) is 12.3. The third-order valence-electron chi connectivity index (χ3n) is 7.27. The van der Waals surface area contributed by atoms with Crippen molar-refractivity contribution in [2.75, 3.05) is 40.4 Å². The molecule has 8 heteroatoms. The lowest BCUT2D eigenvalue weighted by Crippen LogP contribution is -2.51. The first-order valence-electron chi connectivity index (χ1n) is 12.3. The molecule has 0 radical (unpaired) electrons. The molecule has 0 bridgehead atoms. The summed E-state index contributed by atoms with van der Waals surface area (Å²) >= 11 is 0. The molecular weight excluding hydrogens is 428 g/mol. The number of aromatic nitrogens is 4. The number of rotatable bonds is 8. The molecule has 34 heavy (non-hydrogen) atoms. The van der Waals surface area contributed by atoms with Crippen LogP contribution in [0.3, 0.4) is 0 Å². The minimum absolute atomic E-state index is 0.106. The molecule has 1 atom stereocenters. The molecule has 0 spiro atoms. The molecule has 5 rings (SSSR count). The van der Waals surface area contributed by atoms with Gasteiger partial charge in [-0.1, -0.05) is 43.2 Å². The maximum absolute atomic E-state index is 5.82. The van der Waals surface area contributed by atoms with Crippen molar-refractivity contribution in [2.24, 2.45) is 0 Å². The standard InChI is InChI=1S/C26H34N6O2/c1-33-22-12-13-23(24(18-22)34-2)25(31-16-14-30(15-17-31)21-10-6-7-11-21)26-27-28-29-32(26)19-20-8-4-3-5-9-20/h3-5,8-9,12-13,18,21,25H,6-7,10-11,14-17,19H2,1-2H3/t25-/m0/s1. The van der Waals surface area contributed by atoms with Crippen LogP contribution >= 0.6 is 0 Å². The average Bonchev–Trinajstić information content (AvgIpc) is 3.59. The third kappa shape index (κ3) is 4.79. The molecule has 0 amide bonds. The van der Waals surface area contributed by atoms with E-state index in [1.165, 1.54) is 31.2 Å². The van der Waals surface area contributed by atoms with Gasteiger partial charge >= 0.3 is 0 Å². The zero-order chi connectivity index (χ0) is 23.3. The molecule has 1 aliphatic heterocycles. The monoisotopic (exact) mass is 462 g/mol. The number of hydrogen-bond acceptors (Lipinski definition) is 7. The summed E-state index contributed by atoms with van der Waals surface area (Å²) < 4.78 is 13.2. The number of methoxy groups -OCH3 is 2. The number of piperazine rings is 1. The fourth-order valence-electron chi connectivity index (χ4n) is 5.45. The Hall–Kier alpha value is -2.97. The Balaban J connectivity index is 1.47. The minimum Gasteiger partial charge on any atom is -0.497 e. The number of nitrogens with zero attached hydrogens (tertiary/aromatic N) is 6. The van der Waals surface area contributed by atoms with Gasteiger partial charge in [0, 0.05) is 43.9 Å². The fraction of sp³-hybridized carbons (Fsp3) is 0.500. The molecule has 180 valence electrons. The van der Waals surface area contributed by atoms with Gasteiger partial charge in [0.2, 0.25) is 0 Å². The summed E-state index contributed by atoms with van der Waals surface area (Å²) in [6.07, 6.45) is 5.41. The van der Waals surface area contributed by atoms with Crippen molar-refractivity contribution in [1.29, 1.82) is 0 Å². The van der Waals surface area contributed by atoms with Gasteiger partial charge in [0.1, 0.15) is 17.5 Å². The van der Waals surface area contributed by atoms with Crippen LogP contribution in [0.5, 0.6) is 11.5 Å². The van der Waals surface area contributed by atoms with E-state index in [0.717, 1.165) is 55.1 Å². The first kappa shape index (κ1) is 22.8. The predicted octanol–water partition coefficient (Wildman–Crippen LogP) is 3.39. The zero-order valence-corrected chi connectivity index (χ0v) is 20.1. The number of benzene rings is 2. The molecule has 2 heterocycles. The molecule has 2 fully saturated rings. The SMILES string of the molecule is COc1ccc([C@@H](c2nnnn2Cc2ccccc2)N2CCN(C3CCCC3)CC2)c(OC)c1. The van der Waals surface area contributed by atoms with Crippen molar-refractivity contribution >= 4 is 0 Å². The molecule has 1 aromatic heterocycles. The second-order valence-electron chi connectivity index (χ2n) is 9.20. The van der Waals surface area contributed by atoms with E-state index < -0.39 is 0 Å². The van der Waals surface area contributed by atoms with Crippen LogP contribution in [0, 0.1) is 0 Å². The Labute approximate surface area is 201 Å². The normalized spacial score (nSPS) is 18.8. The van der Waals surface area contributed by atoms with E-state index in [-0.39, 0.29) is 6.04 Å². The van der Waals surface area contributed by atoms with Crippen molar-refractivity contribution in [1.82, 2.24) is 30.0 Å². The van der Waals surface area contributed by atoms with Crippen LogP contribution in [-0.2, 0) is 6.54 Å². The van der Waals surface area contributed by atoms with Gasteiger partial charge in [-0.05, 0) is 41.0 Å². The highest BCUT2D eigenvalue weighted by atomic mass is 16.5. The summed E-state index contributed by atoms with van der Waals surface area (Å²) in [4.78, 5) is 5.18. The summed E-state index contributed by atoms with van der Waals surface area (Å²) in [6, 6.07) is 17.0. The Morgan fingerprint density at radius 3 is 2.41 bits per heavy atom. The van der Waals surface area contributed by atoms with E-state index in [9.17, 15) is 0 Å². The van der Waals surface area contributed by atoms with Crippen LogP contribution < -0.4 is 9.47 Å². The van der Waals surface area contributed by atoms with E-state index in [2.05, 4.69) is 43.5 Å². The fourth-order valence-corrected chi connectivity index (χ4v) is 5.45. The maximum Gasteiger partial charge on any atom is 0.173 e. The smallest absolute Gasteiger partial charge is 0.173 e. The summed E-state index contributed by atoms with van der Waals surface area (Å²) in [5.74, 6) is 2.40. The highest BCUT2D eigenvalue weighted by Gasteiger charge is 2.34. The van der Waals surface area contributed by atoms with Gasteiger partial charge in [0.15, 0.2) is 5.82 Å². The van der Waals surface area contributed by atoms with Crippen molar-refractivity contribution < 1.29 is 9.47 Å². The van der Waals surface area contributed by atoms with Gasteiger partial charge in [-0.3, -0.25) is 9.80 Å². The molecule has 3 aromatic rings. The Morgan fingerprint density at radius 2 is 1.71 bits per heavy atom. The highest BCUT2D eigenvalue weighted by molar-refractivity contribution is 5.44. The lowest BCUT2D eigenvalue weighted by molar-refractivity contribution is 0.0764. The van der Waals surface area contributed by atoms with Gasteiger partial charge in [-0.2, -0.15) is 0 Å². The van der Waals surface area contributed by atoms with Crippen molar-refractivity contribution in [2.45, 2.75) is 44.3 Å². The van der Waals surface area contributed by atoms with E-state index in [0.29, 0.717) is 6.54 Å². The van der Waals surface area contributed by atoms with Gasteiger partial charge in [-0.25, -0.2) is 4.68 Å². The number of hydrogen-bond donors (Lipinski definition) is 0. The van der Waals surface area contributed by atoms with E-state index in [1.807, 2.05) is 35.0 Å². The Morgan fingerprint density at radius 1 is 0.941 bits per heavy atom. The largest absolute Gasteiger partial charge is 0.497 e. The quantitative estimate of drug-likeness (QED) is 0.508. The summed E-state index contributed by atoms with van der Waals surface area (Å²) in [5.41, 5.74) is 2.23. The second-order valence-corrected chi connectivity index (χ2v) is 9.20. The van der Waals surface area contributed by atoms with Crippen LogP contribution in [0.25, 0.3) is 0 Å². The Bertz CT molecular complexity index is 1060. The predicted molar refractivity (Wildman–Crippen MR) is 130 cm³/mol. The average molecular weight is 463 g/mol. The second kappa shape index (κ2) is 10.5. The third-order valence-corrected chi connectivity index (χ3v) is 7.27. The molecule has 1 saturated heterocycles. The van der Waals surface area contributed by atoms with Crippen LogP contribution in [0.4, 0.5) is 0 Å². The summed E-state index contributed by atoms with van der Waals surface area (Å²) in [7, 11) is 3.38. The van der Waals surface area contributed by atoms with E-state index in [1.54, 1.807) is 14.2 Å². The summed E-state index contributed by atoms with van der Waals surface area (Å²) in [5, 5.41) is 13.0. The molecule has 8 nitrogen and oxygen atoms in total. The molecule has 2 aromatic carbocycles. The molecule has 1 saturated carbocycles. The molecule has 1 aliphatic carbocycles. The molecule has 0 unspecified atom stereocenters. The van der Waals surface area contributed by atoms with Crippen molar-refractivity contribution in [3.63, 3.8) is 0 Å². The lowest BCUT2D eigenvalue weighted by Gasteiger charge is -2.41. The zero-order valence-electron chi connectivity index (χ0n) is 20.1. The van der Waals surface area contributed by atoms with Crippen LogP contribution in [0.1, 0.15) is 48.7 Å². The van der Waals surface area contributed by atoms with E-state index in [4.69, 9.17) is 9.47 Å². The summed E-state index contributed by atoms with van der Waals surface area (Å²) in [6.45, 7) is 4.70. The highest BCUT2D eigenvalue weighted by Crippen LogP contribution is 2.37. The van der Waals surface area contributed by atoms with Gasteiger partial charge in [-0.15, -0.1) is 5.10 Å². The van der Waals surface area contributed by atoms with Gasteiger partial charge in [0.25, 0.3) is 0 Å². The van der Waals surface area contributed by atoms with Crippen molar-refractivity contribution in [3.8, 4) is 11.5 Å². The maximum atomic E-state index is 5.82. The van der Waals surface area contributed by atoms with Crippen molar-refractivity contribution in [3.05, 3.63) is 65.5 Å². The topological polar surface area (TPSA) is 68.5 Å². The molecule has 0 N–H and O–H groups in total. The van der Waals surface area contributed by atoms with Crippen LogP contribution in [0.15, 0.2) is 48.5 Å². The van der Waals surface area contributed by atoms with Crippen LogP contribution in [0.2, 0.25) is 0 Å². The van der Waals surface area contributed by atoms with Gasteiger partial charge in [0.05, 0.1) is 20.8 Å².